The van der Waals surface area contributed by atoms with Gasteiger partial charge in [0.1, 0.15) is 12.4 Å². The summed E-state index contributed by atoms with van der Waals surface area (Å²) < 4.78 is 10.7. The van der Waals surface area contributed by atoms with E-state index in [1.54, 1.807) is 12.1 Å². The lowest BCUT2D eigenvalue weighted by Gasteiger charge is -2.10. The highest BCUT2D eigenvalue weighted by Gasteiger charge is 2.09. The van der Waals surface area contributed by atoms with E-state index < -0.39 is 5.91 Å². The van der Waals surface area contributed by atoms with Crippen molar-refractivity contribution in [3.05, 3.63) is 23.8 Å². The molecule has 5 heteroatoms. The normalized spacial score (nSPS) is 10.2. The molecule has 17 heavy (non-hydrogen) atoms. The van der Waals surface area contributed by atoms with Gasteiger partial charge in [0.2, 0.25) is 0 Å². The molecule has 0 bridgehead atoms. The molecule has 0 aliphatic heterocycles. The highest BCUT2D eigenvalue weighted by atomic mass is 16.5. The SMILES string of the molecule is CCCOCCOc1ccc(N)cc1C(N)=O. The van der Waals surface area contributed by atoms with Crippen LogP contribution in [-0.2, 0) is 4.74 Å². The molecule has 0 aliphatic carbocycles. The van der Waals surface area contributed by atoms with Crippen molar-refractivity contribution in [2.24, 2.45) is 5.73 Å². The average Bonchev–Trinajstić information content (AvgIpc) is 2.30. The van der Waals surface area contributed by atoms with Crippen LogP contribution in [0.3, 0.4) is 0 Å². The van der Waals surface area contributed by atoms with E-state index in [9.17, 15) is 4.79 Å². The molecular formula is C12H18N2O3. The maximum Gasteiger partial charge on any atom is 0.252 e. The Bertz CT molecular complexity index is 380. The number of ether oxygens (including phenoxy) is 2. The van der Waals surface area contributed by atoms with Gasteiger partial charge in [0, 0.05) is 12.3 Å². The number of rotatable bonds is 7. The molecule has 0 aromatic heterocycles. The second kappa shape index (κ2) is 6.75. The second-order valence-electron chi connectivity index (χ2n) is 3.58. The summed E-state index contributed by atoms with van der Waals surface area (Å²) in [5.41, 5.74) is 11.6. The third-order valence-corrected chi connectivity index (χ3v) is 2.10. The van der Waals surface area contributed by atoms with Crippen LogP contribution < -0.4 is 16.2 Å². The number of hydrogen-bond donors (Lipinski definition) is 2. The number of amides is 1. The molecule has 5 nitrogen and oxygen atoms in total. The molecule has 1 amide bonds. The van der Waals surface area contributed by atoms with Gasteiger partial charge in [-0.25, -0.2) is 0 Å². The summed E-state index contributed by atoms with van der Waals surface area (Å²) in [5, 5.41) is 0. The molecule has 4 N–H and O–H groups in total. The Labute approximate surface area is 101 Å². The summed E-state index contributed by atoms with van der Waals surface area (Å²) in [6, 6.07) is 4.80. The molecule has 1 rings (SSSR count). The van der Waals surface area contributed by atoms with Crippen molar-refractivity contribution in [2.75, 3.05) is 25.6 Å². The number of benzene rings is 1. The summed E-state index contributed by atoms with van der Waals surface area (Å²) >= 11 is 0. The number of nitrogen functional groups attached to an aromatic ring is 1. The third kappa shape index (κ3) is 4.32. The van der Waals surface area contributed by atoms with Crippen molar-refractivity contribution in [2.45, 2.75) is 13.3 Å². The van der Waals surface area contributed by atoms with Crippen LogP contribution in [0, 0.1) is 0 Å². The molecular weight excluding hydrogens is 220 g/mol. The van der Waals surface area contributed by atoms with E-state index in [2.05, 4.69) is 0 Å². The highest BCUT2D eigenvalue weighted by Crippen LogP contribution is 2.20. The Balaban J connectivity index is 2.55. The van der Waals surface area contributed by atoms with Crippen LogP contribution in [0.1, 0.15) is 23.7 Å². The van der Waals surface area contributed by atoms with Gasteiger partial charge in [-0.2, -0.15) is 0 Å². The summed E-state index contributed by atoms with van der Waals surface area (Å²) in [4.78, 5) is 11.2. The third-order valence-electron chi connectivity index (χ3n) is 2.10. The second-order valence-corrected chi connectivity index (χ2v) is 3.58. The van der Waals surface area contributed by atoms with E-state index in [1.165, 1.54) is 6.07 Å². The number of primary amides is 1. The first-order valence-corrected chi connectivity index (χ1v) is 5.55. The zero-order valence-electron chi connectivity index (χ0n) is 9.94. The quantitative estimate of drug-likeness (QED) is 0.551. The van der Waals surface area contributed by atoms with Gasteiger partial charge in [-0.1, -0.05) is 6.92 Å². The predicted molar refractivity (Wildman–Crippen MR) is 66.0 cm³/mol. The first kappa shape index (κ1) is 13.3. The minimum absolute atomic E-state index is 0.292. The molecule has 0 unspecified atom stereocenters. The van der Waals surface area contributed by atoms with E-state index in [1.807, 2.05) is 6.92 Å². The molecule has 0 heterocycles. The molecule has 1 aromatic rings. The Kier molecular flexibility index (Phi) is 5.29. The van der Waals surface area contributed by atoms with Gasteiger partial charge < -0.3 is 20.9 Å². The van der Waals surface area contributed by atoms with E-state index in [4.69, 9.17) is 20.9 Å². The molecule has 0 aliphatic rings. The van der Waals surface area contributed by atoms with Crippen LogP contribution in [-0.4, -0.2) is 25.7 Å². The number of carbonyl (C=O) groups is 1. The van der Waals surface area contributed by atoms with E-state index in [0.717, 1.165) is 6.42 Å². The smallest absolute Gasteiger partial charge is 0.252 e. The predicted octanol–water partition coefficient (Wildman–Crippen LogP) is 1.17. The maximum atomic E-state index is 11.2. The van der Waals surface area contributed by atoms with E-state index in [0.29, 0.717) is 36.8 Å². The zero-order valence-corrected chi connectivity index (χ0v) is 9.94. The van der Waals surface area contributed by atoms with Crippen molar-refractivity contribution in [1.82, 2.24) is 0 Å². The standard InChI is InChI=1S/C12H18N2O3/c1-2-5-16-6-7-17-11-4-3-9(13)8-10(11)12(14)15/h3-4,8H,2,5-7,13H2,1H3,(H2,14,15). The molecule has 94 valence electrons. The van der Waals surface area contributed by atoms with Crippen molar-refractivity contribution in [3.63, 3.8) is 0 Å². The van der Waals surface area contributed by atoms with E-state index >= 15 is 0 Å². The van der Waals surface area contributed by atoms with Crippen molar-refractivity contribution in [1.29, 1.82) is 0 Å². The fraction of sp³-hybridized carbons (Fsp3) is 0.417. The summed E-state index contributed by atoms with van der Waals surface area (Å²) in [6.07, 6.45) is 0.967. The largest absolute Gasteiger partial charge is 0.490 e. The molecule has 0 radical (unpaired) electrons. The van der Waals surface area contributed by atoms with Gasteiger partial charge in [-0.05, 0) is 24.6 Å². The van der Waals surface area contributed by atoms with Crippen LogP contribution in [0.4, 0.5) is 5.69 Å². The summed E-state index contributed by atoms with van der Waals surface area (Å²) in [5.74, 6) is -0.117. The lowest BCUT2D eigenvalue weighted by molar-refractivity contribution is 0.0956. The monoisotopic (exact) mass is 238 g/mol. The van der Waals surface area contributed by atoms with Crippen LogP contribution in [0.2, 0.25) is 0 Å². The first-order chi connectivity index (χ1) is 8.15. The fourth-order valence-corrected chi connectivity index (χ4v) is 1.32. The fourth-order valence-electron chi connectivity index (χ4n) is 1.32. The lowest BCUT2D eigenvalue weighted by atomic mass is 10.1. The van der Waals surface area contributed by atoms with Gasteiger partial charge in [0.05, 0.1) is 12.2 Å². The molecule has 0 saturated carbocycles. The van der Waals surface area contributed by atoms with Crippen LogP contribution >= 0.6 is 0 Å². The van der Waals surface area contributed by atoms with Crippen molar-refractivity contribution >= 4 is 11.6 Å². The number of carbonyl (C=O) groups excluding carboxylic acids is 1. The van der Waals surface area contributed by atoms with Crippen LogP contribution in [0.5, 0.6) is 5.75 Å². The minimum atomic E-state index is -0.554. The number of nitrogens with two attached hydrogens (primary N) is 2. The Morgan fingerprint density at radius 1 is 1.29 bits per heavy atom. The van der Waals surface area contributed by atoms with Crippen LogP contribution in [0.25, 0.3) is 0 Å². The highest BCUT2D eigenvalue weighted by molar-refractivity contribution is 5.96. The molecule has 1 aromatic carbocycles. The van der Waals surface area contributed by atoms with Gasteiger partial charge in [0.25, 0.3) is 5.91 Å². The summed E-state index contributed by atoms with van der Waals surface area (Å²) in [7, 11) is 0. The molecule has 0 spiro atoms. The van der Waals surface area contributed by atoms with Gasteiger partial charge in [0.15, 0.2) is 0 Å². The number of hydrogen-bond acceptors (Lipinski definition) is 4. The van der Waals surface area contributed by atoms with Gasteiger partial charge >= 0.3 is 0 Å². The van der Waals surface area contributed by atoms with E-state index in [-0.39, 0.29) is 0 Å². The molecule has 0 saturated heterocycles. The topological polar surface area (TPSA) is 87.6 Å². The Morgan fingerprint density at radius 3 is 2.71 bits per heavy atom. The lowest BCUT2D eigenvalue weighted by Crippen LogP contribution is -2.15. The Hall–Kier alpha value is -1.75. The van der Waals surface area contributed by atoms with Crippen LogP contribution in [0.15, 0.2) is 18.2 Å². The van der Waals surface area contributed by atoms with Gasteiger partial charge in [-0.15, -0.1) is 0 Å². The van der Waals surface area contributed by atoms with Gasteiger partial charge in [-0.3, -0.25) is 4.79 Å². The molecule has 0 atom stereocenters. The maximum absolute atomic E-state index is 11.2. The first-order valence-electron chi connectivity index (χ1n) is 5.55. The molecule has 0 fully saturated rings. The van der Waals surface area contributed by atoms with Crippen molar-refractivity contribution < 1.29 is 14.3 Å². The Morgan fingerprint density at radius 2 is 2.06 bits per heavy atom. The zero-order chi connectivity index (χ0) is 12.7. The average molecular weight is 238 g/mol. The van der Waals surface area contributed by atoms with Crippen molar-refractivity contribution in [3.8, 4) is 5.75 Å². The minimum Gasteiger partial charge on any atom is -0.490 e. The summed E-state index contributed by atoms with van der Waals surface area (Å²) in [6.45, 7) is 3.60. The number of anilines is 1.